The van der Waals surface area contributed by atoms with Crippen LogP contribution in [0.5, 0.6) is 0 Å². The highest BCUT2D eigenvalue weighted by Gasteiger charge is 2.10. The summed E-state index contributed by atoms with van der Waals surface area (Å²) in [6.07, 6.45) is 3.67. The van der Waals surface area contributed by atoms with Crippen molar-refractivity contribution in [1.29, 1.82) is 10.7 Å². The van der Waals surface area contributed by atoms with Crippen molar-refractivity contribution in [3.8, 4) is 6.07 Å². The van der Waals surface area contributed by atoms with Crippen LogP contribution in [0.4, 0.5) is 0 Å². The maximum absolute atomic E-state index is 8.91. The molecule has 0 aliphatic carbocycles. The molecule has 0 aromatic carbocycles. The Labute approximate surface area is 121 Å². The van der Waals surface area contributed by atoms with Crippen molar-refractivity contribution in [3.63, 3.8) is 0 Å². The molecule has 2 heterocycles. The van der Waals surface area contributed by atoms with Crippen LogP contribution in [0.1, 0.15) is 11.3 Å². The second-order valence-electron chi connectivity index (χ2n) is 3.61. The number of nitrogens with zero attached hydrogens (tertiary/aromatic N) is 3. The summed E-state index contributed by atoms with van der Waals surface area (Å²) in [5.41, 5.74) is 7.76. The second-order valence-corrected chi connectivity index (χ2v) is 4.62. The van der Waals surface area contributed by atoms with E-state index in [4.69, 9.17) is 16.4 Å². The summed E-state index contributed by atoms with van der Waals surface area (Å²) in [7, 11) is 0. The normalized spacial score (nSPS) is 9.63. The Bertz CT molecular complexity index is 638. The van der Waals surface area contributed by atoms with E-state index in [1.54, 1.807) is 12.4 Å². The Morgan fingerprint density at radius 1 is 1.47 bits per heavy atom. The van der Waals surface area contributed by atoms with E-state index in [1.807, 2.05) is 12.1 Å². The highest BCUT2D eigenvalue weighted by molar-refractivity contribution is 8.13. The molecule has 0 spiro atoms. The predicted molar refractivity (Wildman–Crippen MR) is 79.3 cm³/mol. The number of rotatable bonds is 3. The van der Waals surface area contributed by atoms with E-state index in [9.17, 15) is 0 Å². The minimum absolute atomic E-state index is 0. The third-order valence-electron chi connectivity index (χ3n) is 2.47. The van der Waals surface area contributed by atoms with E-state index in [1.165, 1.54) is 11.8 Å². The lowest BCUT2D eigenvalue weighted by molar-refractivity contribution is 1.11. The van der Waals surface area contributed by atoms with Crippen LogP contribution in [0.2, 0.25) is 0 Å². The molecule has 0 fully saturated rings. The molecular formula is C12H12ClN5S. The number of hydrogen-bond donors (Lipinski definition) is 2. The molecule has 2 aromatic heterocycles. The topological polar surface area (TPSA) is 99.4 Å². The first-order valence-corrected chi connectivity index (χ1v) is 6.26. The van der Waals surface area contributed by atoms with Gasteiger partial charge in [-0.1, -0.05) is 17.8 Å². The van der Waals surface area contributed by atoms with Crippen molar-refractivity contribution in [3.05, 3.63) is 35.8 Å². The van der Waals surface area contributed by atoms with Crippen LogP contribution in [-0.2, 0) is 12.2 Å². The standard InChI is InChI=1S/C12H11N5S.ClH/c13-4-3-9-8-2-1-5-16-10(8)6-17-11(9)7-18-12(14)15;/h1-2,5-6H,3,7H2,(H3,14,15);1H. The van der Waals surface area contributed by atoms with Crippen molar-refractivity contribution >= 4 is 40.2 Å². The predicted octanol–water partition coefficient (Wildman–Crippen LogP) is 2.24. The molecule has 3 N–H and O–H groups in total. The van der Waals surface area contributed by atoms with E-state index in [2.05, 4.69) is 16.0 Å². The van der Waals surface area contributed by atoms with Crippen LogP contribution in [0.15, 0.2) is 24.5 Å². The van der Waals surface area contributed by atoms with Gasteiger partial charge >= 0.3 is 0 Å². The molecule has 0 saturated carbocycles. The van der Waals surface area contributed by atoms with Gasteiger partial charge in [0, 0.05) is 17.3 Å². The molecule has 7 heteroatoms. The van der Waals surface area contributed by atoms with Crippen molar-refractivity contribution in [2.75, 3.05) is 0 Å². The van der Waals surface area contributed by atoms with Crippen molar-refractivity contribution < 1.29 is 0 Å². The van der Waals surface area contributed by atoms with Crippen molar-refractivity contribution in [2.24, 2.45) is 5.73 Å². The Morgan fingerprint density at radius 2 is 2.26 bits per heavy atom. The van der Waals surface area contributed by atoms with Gasteiger partial charge in [0.25, 0.3) is 0 Å². The number of nitrogens with two attached hydrogens (primary N) is 1. The Balaban J connectivity index is 0.00000180. The lowest BCUT2D eigenvalue weighted by atomic mass is 10.1. The molecule has 19 heavy (non-hydrogen) atoms. The molecule has 0 amide bonds. The van der Waals surface area contributed by atoms with Gasteiger partial charge in [-0.2, -0.15) is 5.26 Å². The number of nitriles is 1. The maximum atomic E-state index is 8.91. The zero-order chi connectivity index (χ0) is 13.0. The van der Waals surface area contributed by atoms with E-state index in [0.717, 1.165) is 22.2 Å². The lowest BCUT2D eigenvalue weighted by Crippen LogP contribution is -2.06. The van der Waals surface area contributed by atoms with Crippen LogP contribution in [-0.4, -0.2) is 15.1 Å². The monoisotopic (exact) mass is 293 g/mol. The Morgan fingerprint density at radius 3 is 2.95 bits per heavy atom. The summed E-state index contributed by atoms with van der Waals surface area (Å²) in [4.78, 5) is 8.53. The van der Waals surface area contributed by atoms with Crippen LogP contribution in [0.25, 0.3) is 10.9 Å². The molecule has 98 valence electrons. The number of nitrogens with one attached hydrogen (secondary N) is 1. The summed E-state index contributed by atoms with van der Waals surface area (Å²) in [5, 5.41) is 17.1. The van der Waals surface area contributed by atoms with E-state index < -0.39 is 0 Å². The van der Waals surface area contributed by atoms with Crippen LogP contribution in [0, 0.1) is 16.7 Å². The number of fused-ring (bicyclic) bond motifs is 1. The largest absolute Gasteiger partial charge is 0.379 e. The first-order valence-electron chi connectivity index (χ1n) is 5.27. The van der Waals surface area contributed by atoms with E-state index >= 15 is 0 Å². The van der Waals surface area contributed by atoms with Gasteiger partial charge in [0.05, 0.1) is 29.9 Å². The van der Waals surface area contributed by atoms with Crippen molar-refractivity contribution in [1.82, 2.24) is 9.97 Å². The van der Waals surface area contributed by atoms with Crippen LogP contribution in [0.3, 0.4) is 0 Å². The molecule has 0 aliphatic heterocycles. The second kappa shape index (κ2) is 6.92. The SMILES string of the molecule is Cl.N#CCc1c(CSC(=N)N)ncc2ncccc12. The molecular weight excluding hydrogens is 282 g/mol. The van der Waals surface area contributed by atoms with E-state index in [-0.39, 0.29) is 24.0 Å². The highest BCUT2D eigenvalue weighted by atomic mass is 35.5. The summed E-state index contributed by atoms with van der Waals surface area (Å²) in [6.45, 7) is 0. The number of pyridine rings is 2. The molecule has 0 aliphatic rings. The van der Waals surface area contributed by atoms with Crippen LogP contribution >= 0.6 is 24.2 Å². The minimum Gasteiger partial charge on any atom is -0.379 e. The van der Waals surface area contributed by atoms with Gasteiger partial charge < -0.3 is 5.73 Å². The van der Waals surface area contributed by atoms with Gasteiger partial charge in [0.2, 0.25) is 0 Å². The van der Waals surface area contributed by atoms with Gasteiger partial charge in [-0.25, -0.2) is 0 Å². The summed E-state index contributed by atoms with van der Waals surface area (Å²) in [6, 6.07) is 5.91. The summed E-state index contributed by atoms with van der Waals surface area (Å²) < 4.78 is 0. The quantitative estimate of drug-likeness (QED) is 0.668. The number of halogens is 1. The van der Waals surface area contributed by atoms with Gasteiger partial charge in [-0.15, -0.1) is 12.4 Å². The molecule has 5 nitrogen and oxygen atoms in total. The fraction of sp³-hybridized carbons (Fsp3) is 0.167. The van der Waals surface area contributed by atoms with Crippen molar-refractivity contribution in [2.45, 2.75) is 12.2 Å². The number of thioether (sulfide) groups is 1. The number of aromatic nitrogens is 2. The lowest BCUT2D eigenvalue weighted by Gasteiger charge is -2.08. The molecule has 2 aromatic rings. The van der Waals surface area contributed by atoms with Gasteiger partial charge in [-0.3, -0.25) is 15.4 Å². The maximum Gasteiger partial charge on any atom is 0.151 e. The third-order valence-corrected chi connectivity index (χ3v) is 3.20. The Kier molecular flexibility index (Phi) is 5.55. The van der Waals surface area contributed by atoms with Gasteiger partial charge in [-0.05, 0) is 11.6 Å². The zero-order valence-electron chi connectivity index (χ0n) is 9.96. The fourth-order valence-corrected chi connectivity index (χ4v) is 2.24. The smallest absolute Gasteiger partial charge is 0.151 e. The molecule has 2 rings (SSSR count). The average Bonchev–Trinajstić information content (AvgIpc) is 2.38. The molecule has 0 radical (unpaired) electrons. The molecule has 0 saturated heterocycles. The van der Waals surface area contributed by atoms with Crippen LogP contribution < -0.4 is 5.73 Å². The fourth-order valence-electron chi connectivity index (χ4n) is 1.69. The van der Waals surface area contributed by atoms with Gasteiger partial charge in [0.15, 0.2) is 5.17 Å². The number of amidine groups is 1. The first-order chi connectivity index (χ1) is 8.72. The molecule has 0 unspecified atom stereocenters. The summed E-state index contributed by atoms with van der Waals surface area (Å²) in [5.74, 6) is 0.497. The molecule has 0 bridgehead atoms. The first kappa shape index (κ1) is 15.2. The molecule has 0 atom stereocenters. The summed E-state index contributed by atoms with van der Waals surface area (Å²) >= 11 is 1.20. The zero-order valence-corrected chi connectivity index (χ0v) is 11.6. The van der Waals surface area contributed by atoms with Gasteiger partial charge in [0.1, 0.15) is 0 Å². The minimum atomic E-state index is 0. The third kappa shape index (κ3) is 3.56. The van der Waals surface area contributed by atoms with E-state index in [0.29, 0.717) is 5.75 Å². The average molecular weight is 294 g/mol. The highest BCUT2D eigenvalue weighted by Crippen LogP contribution is 2.22. The number of hydrogen-bond acceptors (Lipinski definition) is 5. The Hall–Kier alpha value is -1.84.